The first kappa shape index (κ1) is 12.6. The summed E-state index contributed by atoms with van der Waals surface area (Å²) in [5.41, 5.74) is 6.89. The molecule has 16 heavy (non-hydrogen) atoms. The molecule has 1 amide bonds. The Kier molecular flexibility index (Phi) is 3.65. The normalized spacial score (nSPS) is 13.3. The summed E-state index contributed by atoms with van der Waals surface area (Å²) in [6.45, 7) is 7.58. The molecule has 0 bridgehead atoms. The van der Waals surface area contributed by atoms with E-state index in [0.717, 1.165) is 5.56 Å². The zero-order valence-corrected chi connectivity index (χ0v) is 10.2. The molecule has 1 atom stereocenters. The lowest BCUT2D eigenvalue weighted by atomic mass is 9.96. The van der Waals surface area contributed by atoms with Crippen LogP contribution in [-0.2, 0) is 0 Å². The average Bonchev–Trinajstić information content (AvgIpc) is 2.16. The maximum absolute atomic E-state index is 11.9. The van der Waals surface area contributed by atoms with Crippen LogP contribution in [0.5, 0.6) is 0 Å². The van der Waals surface area contributed by atoms with Crippen molar-refractivity contribution in [2.24, 2.45) is 5.73 Å². The van der Waals surface area contributed by atoms with Gasteiger partial charge in [-0.05, 0) is 39.3 Å². The first-order chi connectivity index (χ1) is 7.33. The number of nitrogens with zero attached hydrogens (tertiary/aromatic N) is 1. The Morgan fingerprint density at radius 3 is 2.62 bits per heavy atom. The molecule has 1 aromatic rings. The maximum atomic E-state index is 11.9. The smallest absolute Gasteiger partial charge is 0.253 e. The van der Waals surface area contributed by atoms with Gasteiger partial charge in [0.2, 0.25) is 0 Å². The Bertz CT molecular complexity index is 386. The predicted octanol–water partition coefficient (Wildman–Crippen LogP) is 1.25. The molecule has 0 spiro atoms. The predicted molar refractivity (Wildman–Crippen MR) is 64.2 cm³/mol. The van der Waals surface area contributed by atoms with Gasteiger partial charge in [-0.25, -0.2) is 0 Å². The highest BCUT2D eigenvalue weighted by atomic mass is 16.1. The summed E-state index contributed by atoms with van der Waals surface area (Å²) in [5.74, 6) is -0.140. The van der Waals surface area contributed by atoms with Gasteiger partial charge in [-0.1, -0.05) is 0 Å². The number of carbonyl (C=O) groups is 1. The third-order valence-electron chi connectivity index (χ3n) is 2.71. The van der Waals surface area contributed by atoms with Crippen LogP contribution < -0.4 is 11.1 Å². The van der Waals surface area contributed by atoms with E-state index in [4.69, 9.17) is 5.73 Å². The van der Waals surface area contributed by atoms with Crippen molar-refractivity contribution in [2.45, 2.75) is 39.3 Å². The SMILES string of the molecule is Cc1cncc(C(=O)NC(C)(C)C(C)N)c1. The minimum Gasteiger partial charge on any atom is -0.346 e. The van der Waals surface area contributed by atoms with Gasteiger partial charge in [0.05, 0.1) is 5.56 Å². The van der Waals surface area contributed by atoms with Crippen LogP contribution in [0, 0.1) is 6.92 Å². The Hall–Kier alpha value is -1.42. The molecule has 4 nitrogen and oxygen atoms in total. The maximum Gasteiger partial charge on any atom is 0.253 e. The number of amides is 1. The van der Waals surface area contributed by atoms with Gasteiger partial charge >= 0.3 is 0 Å². The average molecular weight is 221 g/mol. The van der Waals surface area contributed by atoms with Gasteiger partial charge in [0.25, 0.3) is 5.91 Å². The highest BCUT2D eigenvalue weighted by Gasteiger charge is 2.25. The van der Waals surface area contributed by atoms with Crippen molar-refractivity contribution in [2.75, 3.05) is 0 Å². The summed E-state index contributed by atoms with van der Waals surface area (Å²) in [7, 11) is 0. The third-order valence-corrected chi connectivity index (χ3v) is 2.71. The van der Waals surface area contributed by atoms with Crippen LogP contribution >= 0.6 is 0 Å². The molecular weight excluding hydrogens is 202 g/mol. The quantitative estimate of drug-likeness (QED) is 0.807. The van der Waals surface area contributed by atoms with Gasteiger partial charge < -0.3 is 11.1 Å². The van der Waals surface area contributed by atoms with Crippen LogP contribution in [0.15, 0.2) is 18.5 Å². The molecule has 0 saturated carbocycles. The molecule has 0 fully saturated rings. The molecule has 4 heteroatoms. The second-order valence-corrected chi connectivity index (χ2v) is 4.72. The fourth-order valence-electron chi connectivity index (χ4n) is 1.16. The van der Waals surface area contributed by atoms with Gasteiger partial charge in [-0.3, -0.25) is 9.78 Å². The van der Waals surface area contributed by atoms with Crippen molar-refractivity contribution < 1.29 is 4.79 Å². The third kappa shape index (κ3) is 3.03. The highest BCUT2D eigenvalue weighted by molar-refractivity contribution is 5.94. The Labute approximate surface area is 96.3 Å². The molecule has 1 aromatic heterocycles. The molecule has 0 saturated heterocycles. The molecule has 1 heterocycles. The number of nitrogens with one attached hydrogen (secondary N) is 1. The molecule has 1 rings (SSSR count). The summed E-state index contributed by atoms with van der Waals surface area (Å²) in [5, 5.41) is 2.90. The number of hydrogen-bond acceptors (Lipinski definition) is 3. The van der Waals surface area contributed by atoms with E-state index < -0.39 is 5.54 Å². The topological polar surface area (TPSA) is 68.0 Å². The molecule has 3 N–H and O–H groups in total. The molecule has 88 valence electrons. The van der Waals surface area contributed by atoms with Crippen molar-refractivity contribution in [3.63, 3.8) is 0 Å². The van der Waals surface area contributed by atoms with Crippen molar-refractivity contribution in [3.05, 3.63) is 29.6 Å². The zero-order valence-electron chi connectivity index (χ0n) is 10.2. The van der Waals surface area contributed by atoms with Crippen LogP contribution in [-0.4, -0.2) is 22.5 Å². The lowest BCUT2D eigenvalue weighted by Crippen LogP contribution is -2.54. The fraction of sp³-hybridized carbons (Fsp3) is 0.500. The van der Waals surface area contributed by atoms with Crippen LogP contribution in [0.1, 0.15) is 36.7 Å². The van der Waals surface area contributed by atoms with Crippen molar-refractivity contribution >= 4 is 5.91 Å². The molecule has 0 aliphatic rings. The Morgan fingerprint density at radius 2 is 2.12 bits per heavy atom. The molecule has 0 aliphatic heterocycles. The lowest BCUT2D eigenvalue weighted by molar-refractivity contribution is 0.0903. The van der Waals surface area contributed by atoms with Gasteiger partial charge in [-0.15, -0.1) is 0 Å². The van der Waals surface area contributed by atoms with Gasteiger partial charge in [0, 0.05) is 24.0 Å². The van der Waals surface area contributed by atoms with Gasteiger partial charge in [0.15, 0.2) is 0 Å². The number of carbonyl (C=O) groups excluding carboxylic acids is 1. The number of pyridine rings is 1. The van der Waals surface area contributed by atoms with E-state index in [2.05, 4.69) is 10.3 Å². The first-order valence-corrected chi connectivity index (χ1v) is 5.32. The zero-order chi connectivity index (χ0) is 12.3. The number of rotatable bonds is 3. The van der Waals surface area contributed by atoms with E-state index in [1.165, 1.54) is 0 Å². The van der Waals surface area contributed by atoms with E-state index in [9.17, 15) is 4.79 Å². The van der Waals surface area contributed by atoms with E-state index in [0.29, 0.717) is 5.56 Å². The summed E-state index contributed by atoms with van der Waals surface area (Å²) in [6.07, 6.45) is 3.27. The second kappa shape index (κ2) is 4.61. The summed E-state index contributed by atoms with van der Waals surface area (Å²) < 4.78 is 0. The first-order valence-electron chi connectivity index (χ1n) is 5.32. The molecule has 0 aromatic carbocycles. The largest absolute Gasteiger partial charge is 0.346 e. The van der Waals surface area contributed by atoms with Crippen molar-refractivity contribution in [3.8, 4) is 0 Å². The van der Waals surface area contributed by atoms with E-state index in [1.807, 2.05) is 27.7 Å². The van der Waals surface area contributed by atoms with E-state index in [-0.39, 0.29) is 11.9 Å². The van der Waals surface area contributed by atoms with E-state index in [1.54, 1.807) is 18.5 Å². The standard InChI is InChI=1S/C12H19N3O/c1-8-5-10(7-14-6-8)11(16)15-12(3,4)9(2)13/h5-7,9H,13H2,1-4H3,(H,15,16). The minimum atomic E-state index is -0.430. The van der Waals surface area contributed by atoms with Crippen molar-refractivity contribution in [1.82, 2.24) is 10.3 Å². The fourth-order valence-corrected chi connectivity index (χ4v) is 1.16. The number of aryl methyl sites for hydroxylation is 1. The van der Waals surface area contributed by atoms with Crippen molar-refractivity contribution in [1.29, 1.82) is 0 Å². The lowest BCUT2D eigenvalue weighted by Gasteiger charge is -2.30. The monoisotopic (exact) mass is 221 g/mol. The Morgan fingerprint density at radius 1 is 1.50 bits per heavy atom. The van der Waals surface area contributed by atoms with Gasteiger partial charge in [0.1, 0.15) is 0 Å². The Balaban J connectivity index is 2.81. The second-order valence-electron chi connectivity index (χ2n) is 4.72. The molecule has 0 radical (unpaired) electrons. The number of aromatic nitrogens is 1. The number of nitrogens with two attached hydrogens (primary N) is 1. The summed E-state index contributed by atoms with van der Waals surface area (Å²) in [4.78, 5) is 15.9. The van der Waals surface area contributed by atoms with Gasteiger partial charge in [-0.2, -0.15) is 0 Å². The molecule has 0 aliphatic carbocycles. The highest BCUT2D eigenvalue weighted by Crippen LogP contribution is 2.09. The van der Waals surface area contributed by atoms with Crippen LogP contribution in [0.3, 0.4) is 0 Å². The summed E-state index contributed by atoms with van der Waals surface area (Å²) in [6, 6.07) is 1.69. The molecular formula is C12H19N3O. The minimum absolute atomic E-state index is 0.116. The summed E-state index contributed by atoms with van der Waals surface area (Å²) >= 11 is 0. The molecule has 1 unspecified atom stereocenters. The van der Waals surface area contributed by atoms with Crippen LogP contribution in [0.4, 0.5) is 0 Å². The number of hydrogen-bond donors (Lipinski definition) is 2. The van der Waals surface area contributed by atoms with Crippen LogP contribution in [0.2, 0.25) is 0 Å². The van der Waals surface area contributed by atoms with Crippen LogP contribution in [0.25, 0.3) is 0 Å². The van der Waals surface area contributed by atoms with E-state index >= 15 is 0 Å².